The van der Waals surface area contributed by atoms with Crippen molar-refractivity contribution < 1.29 is 13.9 Å². The Hall–Kier alpha value is -2.89. The third-order valence-corrected chi connectivity index (χ3v) is 5.95. The molecule has 1 saturated heterocycles. The lowest BCUT2D eigenvalue weighted by molar-refractivity contribution is 0.0627. The van der Waals surface area contributed by atoms with Gasteiger partial charge in [0.15, 0.2) is 0 Å². The van der Waals surface area contributed by atoms with Crippen molar-refractivity contribution >= 4 is 17.5 Å². The van der Waals surface area contributed by atoms with E-state index >= 15 is 0 Å². The number of halogens is 2. The lowest BCUT2D eigenvalue weighted by atomic mass is 10.1. The number of hydrogen-bond donors (Lipinski definition) is 0. The SMILES string of the molecule is Cc1cc(Cl)ccc1OCc1cccc(C(=O)N2CCN(Cc3ccccc3F)CC2)c1. The lowest BCUT2D eigenvalue weighted by Crippen LogP contribution is -2.48. The third kappa shape index (κ3) is 5.47. The number of carbonyl (C=O) groups excluding carboxylic acids is 1. The van der Waals surface area contributed by atoms with Gasteiger partial charge in [-0.05, 0) is 54.4 Å². The van der Waals surface area contributed by atoms with E-state index in [1.165, 1.54) is 6.07 Å². The minimum absolute atomic E-state index is 0.0139. The minimum atomic E-state index is -0.182. The van der Waals surface area contributed by atoms with Crippen molar-refractivity contribution in [1.82, 2.24) is 9.80 Å². The summed E-state index contributed by atoms with van der Waals surface area (Å²) >= 11 is 6.00. The summed E-state index contributed by atoms with van der Waals surface area (Å²) in [5.41, 5.74) is 3.25. The number of aryl methyl sites for hydroxylation is 1. The van der Waals surface area contributed by atoms with Crippen LogP contribution in [0.5, 0.6) is 5.75 Å². The Morgan fingerprint density at radius 3 is 2.53 bits per heavy atom. The van der Waals surface area contributed by atoms with Gasteiger partial charge in [0.2, 0.25) is 0 Å². The maximum Gasteiger partial charge on any atom is 0.253 e. The van der Waals surface area contributed by atoms with Gasteiger partial charge in [0, 0.05) is 48.9 Å². The van der Waals surface area contributed by atoms with Gasteiger partial charge in [0.05, 0.1) is 0 Å². The highest BCUT2D eigenvalue weighted by atomic mass is 35.5. The highest BCUT2D eigenvalue weighted by Gasteiger charge is 2.23. The smallest absolute Gasteiger partial charge is 0.253 e. The fourth-order valence-corrected chi connectivity index (χ4v) is 4.12. The van der Waals surface area contributed by atoms with Crippen molar-refractivity contribution in [1.29, 1.82) is 0 Å². The van der Waals surface area contributed by atoms with Crippen molar-refractivity contribution in [2.45, 2.75) is 20.1 Å². The van der Waals surface area contributed by atoms with Crippen molar-refractivity contribution in [3.05, 3.63) is 99.8 Å². The van der Waals surface area contributed by atoms with Gasteiger partial charge in [-0.1, -0.05) is 41.9 Å². The minimum Gasteiger partial charge on any atom is -0.489 e. The molecule has 1 heterocycles. The Bertz CT molecular complexity index is 1100. The molecule has 3 aromatic carbocycles. The van der Waals surface area contributed by atoms with Gasteiger partial charge in [-0.2, -0.15) is 0 Å². The van der Waals surface area contributed by atoms with Crippen LogP contribution in [-0.2, 0) is 13.2 Å². The quantitative estimate of drug-likeness (QED) is 0.507. The van der Waals surface area contributed by atoms with Gasteiger partial charge in [0.25, 0.3) is 5.91 Å². The molecule has 32 heavy (non-hydrogen) atoms. The number of piperazine rings is 1. The normalized spacial score (nSPS) is 14.4. The van der Waals surface area contributed by atoms with Gasteiger partial charge in [-0.15, -0.1) is 0 Å². The van der Waals surface area contributed by atoms with E-state index in [0.717, 1.165) is 30.0 Å². The summed E-state index contributed by atoms with van der Waals surface area (Å²) in [6, 6.07) is 19.9. The van der Waals surface area contributed by atoms with Gasteiger partial charge >= 0.3 is 0 Å². The Labute approximate surface area is 193 Å². The molecule has 0 aliphatic carbocycles. The first kappa shape index (κ1) is 22.3. The number of carbonyl (C=O) groups is 1. The molecular formula is C26H26ClFN2O2. The van der Waals surface area contributed by atoms with E-state index in [2.05, 4.69) is 4.90 Å². The van der Waals surface area contributed by atoms with Crippen LogP contribution >= 0.6 is 11.6 Å². The van der Waals surface area contributed by atoms with Crippen LogP contribution in [0, 0.1) is 12.7 Å². The van der Waals surface area contributed by atoms with Crippen molar-refractivity contribution in [2.24, 2.45) is 0 Å². The van der Waals surface area contributed by atoms with Crippen LogP contribution in [0.1, 0.15) is 27.0 Å². The van der Waals surface area contributed by atoms with Crippen LogP contribution in [0.2, 0.25) is 5.02 Å². The van der Waals surface area contributed by atoms with Crippen LogP contribution in [0.4, 0.5) is 4.39 Å². The average molecular weight is 453 g/mol. The van der Waals surface area contributed by atoms with E-state index in [-0.39, 0.29) is 11.7 Å². The van der Waals surface area contributed by atoms with Crippen molar-refractivity contribution in [2.75, 3.05) is 26.2 Å². The van der Waals surface area contributed by atoms with Crippen LogP contribution in [-0.4, -0.2) is 41.9 Å². The first-order valence-electron chi connectivity index (χ1n) is 10.7. The molecule has 0 N–H and O–H groups in total. The second-order valence-corrected chi connectivity index (χ2v) is 8.50. The monoisotopic (exact) mass is 452 g/mol. The molecule has 0 aromatic heterocycles. The fourth-order valence-electron chi connectivity index (χ4n) is 3.89. The van der Waals surface area contributed by atoms with E-state index in [4.69, 9.17) is 16.3 Å². The zero-order chi connectivity index (χ0) is 22.5. The van der Waals surface area contributed by atoms with Crippen molar-refractivity contribution in [3.63, 3.8) is 0 Å². The number of hydrogen-bond acceptors (Lipinski definition) is 3. The first-order chi connectivity index (χ1) is 15.5. The molecule has 0 atom stereocenters. The molecule has 0 saturated carbocycles. The number of nitrogens with zero attached hydrogens (tertiary/aromatic N) is 2. The Morgan fingerprint density at radius 2 is 1.78 bits per heavy atom. The standard InChI is InChI=1S/C26H26ClFN2O2/c1-19-15-23(27)9-10-25(19)32-18-20-5-4-7-21(16-20)26(31)30-13-11-29(12-14-30)17-22-6-2-3-8-24(22)28/h2-10,15-16H,11-14,17-18H2,1H3. The number of amides is 1. The maximum absolute atomic E-state index is 13.9. The molecule has 3 aromatic rings. The summed E-state index contributed by atoms with van der Waals surface area (Å²) in [5, 5.41) is 0.677. The number of rotatable bonds is 6. The predicted molar refractivity (Wildman–Crippen MR) is 125 cm³/mol. The van der Waals surface area contributed by atoms with E-state index < -0.39 is 0 Å². The Kier molecular flexibility index (Phi) is 7.08. The maximum atomic E-state index is 13.9. The van der Waals surface area contributed by atoms with Crippen LogP contribution < -0.4 is 4.74 Å². The highest BCUT2D eigenvalue weighted by molar-refractivity contribution is 6.30. The number of ether oxygens (including phenoxy) is 1. The molecule has 0 unspecified atom stereocenters. The van der Waals surface area contributed by atoms with Gasteiger partial charge in [0.1, 0.15) is 18.2 Å². The summed E-state index contributed by atoms with van der Waals surface area (Å²) in [5.74, 6) is 0.607. The zero-order valence-corrected chi connectivity index (χ0v) is 18.8. The molecule has 4 nitrogen and oxygen atoms in total. The largest absolute Gasteiger partial charge is 0.489 e. The molecular weight excluding hydrogens is 427 g/mol. The topological polar surface area (TPSA) is 32.8 Å². The lowest BCUT2D eigenvalue weighted by Gasteiger charge is -2.35. The van der Waals surface area contributed by atoms with E-state index in [1.807, 2.05) is 60.4 Å². The Morgan fingerprint density at radius 1 is 1.00 bits per heavy atom. The molecule has 0 radical (unpaired) electrons. The summed E-state index contributed by atoms with van der Waals surface area (Å²) in [6.45, 7) is 5.58. The fraction of sp³-hybridized carbons (Fsp3) is 0.269. The molecule has 166 valence electrons. The molecule has 4 rings (SSSR count). The average Bonchev–Trinajstić information content (AvgIpc) is 2.80. The molecule has 1 fully saturated rings. The molecule has 0 bridgehead atoms. The molecule has 1 aliphatic heterocycles. The van der Waals surface area contributed by atoms with Gasteiger partial charge < -0.3 is 9.64 Å². The first-order valence-corrected chi connectivity index (χ1v) is 11.1. The van der Waals surface area contributed by atoms with Gasteiger partial charge in [-0.3, -0.25) is 9.69 Å². The van der Waals surface area contributed by atoms with E-state index in [0.29, 0.717) is 42.4 Å². The molecule has 1 amide bonds. The van der Waals surface area contributed by atoms with Crippen LogP contribution in [0.25, 0.3) is 0 Å². The van der Waals surface area contributed by atoms with Crippen molar-refractivity contribution in [3.8, 4) is 5.75 Å². The summed E-state index contributed by atoms with van der Waals surface area (Å²) in [6.07, 6.45) is 0. The summed E-state index contributed by atoms with van der Waals surface area (Å²) < 4.78 is 19.8. The zero-order valence-electron chi connectivity index (χ0n) is 18.1. The summed E-state index contributed by atoms with van der Waals surface area (Å²) in [4.78, 5) is 17.1. The molecule has 1 aliphatic rings. The molecule has 0 spiro atoms. The van der Waals surface area contributed by atoms with E-state index in [9.17, 15) is 9.18 Å². The Balaban J connectivity index is 1.33. The predicted octanol–water partition coefficient (Wildman–Crippen LogP) is 5.32. The third-order valence-electron chi connectivity index (χ3n) is 5.72. The molecule has 6 heteroatoms. The second-order valence-electron chi connectivity index (χ2n) is 8.06. The van der Waals surface area contributed by atoms with Crippen LogP contribution in [0.3, 0.4) is 0 Å². The van der Waals surface area contributed by atoms with Gasteiger partial charge in [-0.25, -0.2) is 4.39 Å². The number of benzene rings is 3. The second kappa shape index (κ2) is 10.2. The summed E-state index contributed by atoms with van der Waals surface area (Å²) in [7, 11) is 0. The van der Waals surface area contributed by atoms with Crippen LogP contribution in [0.15, 0.2) is 66.7 Å². The highest BCUT2D eigenvalue weighted by Crippen LogP contribution is 2.23. The van der Waals surface area contributed by atoms with E-state index in [1.54, 1.807) is 12.1 Å².